The third-order valence-electron chi connectivity index (χ3n) is 5.05. The first-order valence-electron chi connectivity index (χ1n) is 9.14. The molecule has 0 saturated heterocycles. The highest BCUT2D eigenvalue weighted by atomic mass is 32.2. The molecule has 0 radical (unpaired) electrons. The Morgan fingerprint density at radius 1 is 1.19 bits per heavy atom. The van der Waals surface area contributed by atoms with E-state index in [-0.39, 0.29) is 17.0 Å². The zero-order chi connectivity index (χ0) is 18.1. The van der Waals surface area contributed by atoms with Gasteiger partial charge in [0, 0.05) is 12.8 Å². The third kappa shape index (κ3) is 3.70. The Hall–Kier alpha value is -2.09. The minimum atomic E-state index is -3.77. The predicted octanol–water partition coefficient (Wildman–Crippen LogP) is 3.32. The molecule has 2 heterocycles. The maximum Gasteiger partial charge on any atom is 0.329 e. The molecule has 1 aromatic carbocycles. The van der Waals surface area contributed by atoms with Crippen LogP contribution in [0.25, 0.3) is 0 Å². The lowest BCUT2D eigenvalue weighted by molar-refractivity contribution is 0.254. The van der Waals surface area contributed by atoms with E-state index < -0.39 is 10.0 Å². The molecule has 1 N–H and O–H groups in total. The second-order valence-corrected chi connectivity index (χ2v) is 8.90. The largest absolute Gasteiger partial charge is 0.490 e. The molecule has 1 aliphatic heterocycles. The number of ether oxygens (including phenoxy) is 1. The van der Waals surface area contributed by atoms with Crippen molar-refractivity contribution in [2.24, 2.45) is 5.92 Å². The maximum absolute atomic E-state index is 12.6. The number of benzene rings is 1. The second-order valence-electron chi connectivity index (χ2n) is 7.22. The van der Waals surface area contributed by atoms with Crippen LogP contribution in [-0.2, 0) is 22.9 Å². The number of fused-ring (bicyclic) bond motifs is 1. The average molecular weight is 377 g/mol. The number of nitrogens with zero attached hydrogens (tertiary/aromatic N) is 2. The summed E-state index contributed by atoms with van der Waals surface area (Å²) in [5.41, 5.74) is 0.892. The van der Waals surface area contributed by atoms with E-state index in [4.69, 9.17) is 9.15 Å². The van der Waals surface area contributed by atoms with Crippen LogP contribution in [0.5, 0.6) is 5.75 Å². The lowest BCUT2D eigenvalue weighted by atomic mass is 9.87. The molecule has 0 amide bonds. The molecular formula is C18H23N3O4S. The van der Waals surface area contributed by atoms with E-state index in [2.05, 4.69) is 14.9 Å². The number of hydrogen-bond donors (Lipinski definition) is 1. The molecule has 1 atom stereocenters. The summed E-state index contributed by atoms with van der Waals surface area (Å²) in [6.45, 7) is 1.96. The first-order valence-corrected chi connectivity index (χ1v) is 10.6. The first-order chi connectivity index (χ1) is 12.5. The summed E-state index contributed by atoms with van der Waals surface area (Å²) in [4.78, 5) is 0.168. The molecule has 1 aliphatic carbocycles. The highest BCUT2D eigenvalue weighted by molar-refractivity contribution is 7.92. The fourth-order valence-electron chi connectivity index (χ4n) is 3.75. The van der Waals surface area contributed by atoms with Gasteiger partial charge in [0.05, 0.1) is 4.90 Å². The van der Waals surface area contributed by atoms with Crippen molar-refractivity contribution in [3.05, 3.63) is 29.7 Å². The summed E-state index contributed by atoms with van der Waals surface area (Å²) in [7, 11) is -3.77. The smallest absolute Gasteiger partial charge is 0.329 e. The monoisotopic (exact) mass is 377 g/mol. The van der Waals surface area contributed by atoms with E-state index in [1.807, 2.05) is 6.92 Å². The summed E-state index contributed by atoms with van der Waals surface area (Å²) in [5, 5.41) is 7.84. The van der Waals surface area contributed by atoms with Crippen LogP contribution in [-0.4, -0.2) is 24.7 Å². The molecular weight excluding hydrogens is 354 g/mol. The molecule has 8 heteroatoms. The quantitative estimate of drug-likeness (QED) is 0.859. The Morgan fingerprint density at radius 3 is 2.81 bits per heavy atom. The standard InChI is InChI=1S/C18H23N3O4S/c1-12-9-14-11-15(7-8-16(14)24-12)26(22,23)21-18-20-19-17(25-18)10-13-5-3-2-4-6-13/h7-8,11-13H,2-6,9-10H2,1H3,(H,20,21). The van der Waals surface area contributed by atoms with Gasteiger partial charge in [0.25, 0.3) is 10.0 Å². The van der Waals surface area contributed by atoms with Crippen LogP contribution in [0.4, 0.5) is 6.01 Å². The van der Waals surface area contributed by atoms with Gasteiger partial charge < -0.3 is 9.15 Å². The number of rotatable bonds is 5. The van der Waals surface area contributed by atoms with Gasteiger partial charge in [0.15, 0.2) is 0 Å². The van der Waals surface area contributed by atoms with Gasteiger partial charge in [-0.2, -0.15) is 0 Å². The summed E-state index contributed by atoms with van der Waals surface area (Å²) in [6, 6.07) is 4.77. The van der Waals surface area contributed by atoms with Crippen molar-refractivity contribution >= 4 is 16.0 Å². The zero-order valence-electron chi connectivity index (χ0n) is 14.8. The molecule has 1 aromatic heterocycles. The van der Waals surface area contributed by atoms with Gasteiger partial charge in [-0.15, -0.1) is 5.10 Å². The van der Waals surface area contributed by atoms with Gasteiger partial charge in [0.2, 0.25) is 5.89 Å². The zero-order valence-corrected chi connectivity index (χ0v) is 15.6. The van der Waals surface area contributed by atoms with E-state index in [9.17, 15) is 8.42 Å². The van der Waals surface area contributed by atoms with Crippen molar-refractivity contribution in [3.63, 3.8) is 0 Å². The van der Waals surface area contributed by atoms with Gasteiger partial charge in [-0.3, -0.25) is 0 Å². The number of aromatic nitrogens is 2. The molecule has 0 spiro atoms. The topological polar surface area (TPSA) is 94.3 Å². The van der Waals surface area contributed by atoms with Crippen LogP contribution >= 0.6 is 0 Å². The minimum Gasteiger partial charge on any atom is -0.490 e. The molecule has 2 aromatic rings. The molecule has 1 unspecified atom stereocenters. The van der Waals surface area contributed by atoms with E-state index >= 15 is 0 Å². The third-order valence-corrected chi connectivity index (χ3v) is 6.37. The summed E-state index contributed by atoms with van der Waals surface area (Å²) >= 11 is 0. The minimum absolute atomic E-state index is 0.0641. The number of sulfonamides is 1. The van der Waals surface area contributed by atoms with Crippen molar-refractivity contribution < 1.29 is 17.6 Å². The van der Waals surface area contributed by atoms with Crippen LogP contribution in [0.1, 0.15) is 50.5 Å². The molecule has 1 saturated carbocycles. The fraction of sp³-hybridized carbons (Fsp3) is 0.556. The van der Waals surface area contributed by atoms with E-state index in [0.29, 0.717) is 24.7 Å². The van der Waals surface area contributed by atoms with Crippen LogP contribution in [0.3, 0.4) is 0 Å². The average Bonchev–Trinajstić information content (AvgIpc) is 3.19. The van der Waals surface area contributed by atoms with Gasteiger partial charge >= 0.3 is 6.01 Å². The summed E-state index contributed by atoms with van der Waals surface area (Å²) in [6.07, 6.45) is 7.56. The summed E-state index contributed by atoms with van der Waals surface area (Å²) in [5.74, 6) is 1.78. The Bertz CT molecular complexity index is 888. The highest BCUT2D eigenvalue weighted by Gasteiger charge is 2.24. The van der Waals surface area contributed by atoms with Crippen molar-refractivity contribution in [3.8, 4) is 5.75 Å². The van der Waals surface area contributed by atoms with E-state index in [1.165, 1.54) is 38.2 Å². The molecule has 0 bridgehead atoms. The van der Waals surface area contributed by atoms with Crippen molar-refractivity contribution in [2.45, 2.75) is 62.9 Å². The molecule has 2 aliphatic rings. The van der Waals surface area contributed by atoms with Crippen molar-refractivity contribution in [1.82, 2.24) is 10.2 Å². The molecule has 1 fully saturated rings. The lowest BCUT2D eigenvalue weighted by Crippen LogP contribution is -2.13. The Kier molecular flexibility index (Phi) is 4.60. The Balaban J connectivity index is 1.45. The van der Waals surface area contributed by atoms with Gasteiger partial charge in [-0.25, -0.2) is 13.1 Å². The van der Waals surface area contributed by atoms with Crippen LogP contribution in [0, 0.1) is 5.92 Å². The van der Waals surface area contributed by atoms with E-state index in [1.54, 1.807) is 12.1 Å². The predicted molar refractivity (Wildman–Crippen MR) is 95.6 cm³/mol. The second kappa shape index (κ2) is 6.90. The van der Waals surface area contributed by atoms with E-state index in [0.717, 1.165) is 11.3 Å². The number of hydrogen-bond acceptors (Lipinski definition) is 6. The molecule has 7 nitrogen and oxygen atoms in total. The van der Waals surface area contributed by atoms with Crippen molar-refractivity contribution in [2.75, 3.05) is 4.72 Å². The van der Waals surface area contributed by atoms with Gasteiger partial charge in [-0.1, -0.05) is 24.4 Å². The van der Waals surface area contributed by atoms with Gasteiger partial charge in [-0.05, 0) is 49.4 Å². The van der Waals surface area contributed by atoms with Crippen LogP contribution in [0.15, 0.2) is 27.5 Å². The molecule has 4 rings (SSSR count). The van der Waals surface area contributed by atoms with Gasteiger partial charge in [0.1, 0.15) is 11.9 Å². The normalized spacial score (nSPS) is 20.6. The summed E-state index contributed by atoms with van der Waals surface area (Å²) < 4.78 is 38.7. The number of anilines is 1. The first kappa shape index (κ1) is 17.3. The molecule has 26 heavy (non-hydrogen) atoms. The Morgan fingerprint density at radius 2 is 2.00 bits per heavy atom. The maximum atomic E-state index is 12.6. The highest BCUT2D eigenvalue weighted by Crippen LogP contribution is 2.31. The van der Waals surface area contributed by atoms with Crippen LogP contribution < -0.4 is 9.46 Å². The molecule has 140 valence electrons. The number of nitrogens with one attached hydrogen (secondary N) is 1. The van der Waals surface area contributed by atoms with Crippen LogP contribution in [0.2, 0.25) is 0 Å². The Labute approximate surface area is 153 Å². The van der Waals surface area contributed by atoms with Crippen molar-refractivity contribution in [1.29, 1.82) is 0 Å². The lowest BCUT2D eigenvalue weighted by Gasteiger charge is -2.19. The fourth-order valence-corrected chi connectivity index (χ4v) is 4.73. The SMILES string of the molecule is CC1Cc2cc(S(=O)(=O)Nc3nnc(CC4CCCCC4)o3)ccc2O1.